The standard InChI is InChI=1S/C17H19ClO/c1-11-12(2)15(17(4,18)13(11)3)10-16(19)14-8-6-5-7-9-14/h5-9H,10H2,1-4H3. The molecule has 1 atom stereocenters. The second-order valence-electron chi connectivity index (χ2n) is 5.32. The quantitative estimate of drug-likeness (QED) is 0.565. The minimum Gasteiger partial charge on any atom is -0.294 e. The monoisotopic (exact) mass is 274 g/mol. The fourth-order valence-corrected chi connectivity index (χ4v) is 2.97. The van der Waals surface area contributed by atoms with Gasteiger partial charge >= 0.3 is 0 Å². The van der Waals surface area contributed by atoms with E-state index in [9.17, 15) is 4.79 Å². The number of ketones is 1. The van der Waals surface area contributed by atoms with Gasteiger partial charge in [0.15, 0.2) is 5.78 Å². The highest BCUT2D eigenvalue weighted by atomic mass is 35.5. The Morgan fingerprint density at radius 1 is 1.11 bits per heavy atom. The van der Waals surface area contributed by atoms with Crippen molar-refractivity contribution in [2.75, 3.05) is 0 Å². The summed E-state index contributed by atoms with van der Waals surface area (Å²) in [5.74, 6) is 0.129. The van der Waals surface area contributed by atoms with Gasteiger partial charge in [0.1, 0.15) is 0 Å². The van der Waals surface area contributed by atoms with Crippen LogP contribution in [0.1, 0.15) is 44.5 Å². The number of carbonyl (C=O) groups is 1. The van der Waals surface area contributed by atoms with Crippen LogP contribution in [0.25, 0.3) is 0 Å². The second kappa shape index (κ2) is 4.97. The Morgan fingerprint density at radius 3 is 2.16 bits per heavy atom. The number of hydrogen-bond acceptors (Lipinski definition) is 1. The lowest BCUT2D eigenvalue weighted by molar-refractivity contribution is 0.0991. The molecule has 2 rings (SSSR count). The number of alkyl halides is 1. The third-order valence-corrected chi connectivity index (χ3v) is 4.79. The van der Waals surface area contributed by atoms with Crippen LogP contribution in [0, 0.1) is 0 Å². The molecule has 2 heteroatoms. The molecule has 0 N–H and O–H groups in total. The molecule has 0 bridgehead atoms. The zero-order valence-electron chi connectivity index (χ0n) is 11.9. The Morgan fingerprint density at radius 2 is 1.68 bits per heavy atom. The van der Waals surface area contributed by atoms with E-state index < -0.39 is 4.87 Å². The molecule has 0 spiro atoms. The van der Waals surface area contributed by atoms with E-state index in [0.29, 0.717) is 6.42 Å². The van der Waals surface area contributed by atoms with Crippen molar-refractivity contribution < 1.29 is 4.79 Å². The van der Waals surface area contributed by atoms with Gasteiger partial charge in [-0.3, -0.25) is 4.79 Å². The summed E-state index contributed by atoms with van der Waals surface area (Å²) in [6.45, 7) is 8.16. The molecule has 1 aromatic carbocycles. The van der Waals surface area contributed by atoms with Gasteiger partial charge in [0.2, 0.25) is 0 Å². The van der Waals surface area contributed by atoms with Gasteiger partial charge in [0.25, 0.3) is 0 Å². The fourth-order valence-electron chi connectivity index (χ4n) is 2.62. The van der Waals surface area contributed by atoms with Crippen LogP contribution in [0.15, 0.2) is 52.6 Å². The van der Waals surface area contributed by atoms with Crippen LogP contribution in [-0.2, 0) is 0 Å². The van der Waals surface area contributed by atoms with E-state index in [1.165, 1.54) is 11.1 Å². The van der Waals surface area contributed by atoms with Gasteiger partial charge in [-0.1, -0.05) is 30.3 Å². The number of halogens is 1. The van der Waals surface area contributed by atoms with Crippen LogP contribution < -0.4 is 0 Å². The lowest BCUT2D eigenvalue weighted by Gasteiger charge is -2.22. The van der Waals surface area contributed by atoms with E-state index in [4.69, 9.17) is 11.6 Å². The van der Waals surface area contributed by atoms with E-state index >= 15 is 0 Å². The molecule has 0 amide bonds. The van der Waals surface area contributed by atoms with Crippen molar-refractivity contribution in [3.8, 4) is 0 Å². The third kappa shape index (κ3) is 2.40. The summed E-state index contributed by atoms with van der Waals surface area (Å²) in [5.41, 5.74) is 5.32. The van der Waals surface area contributed by atoms with Crippen molar-refractivity contribution in [2.24, 2.45) is 0 Å². The lowest BCUT2D eigenvalue weighted by atomic mass is 9.91. The summed E-state index contributed by atoms with van der Waals surface area (Å²) in [6.07, 6.45) is 0.393. The van der Waals surface area contributed by atoms with Crippen LogP contribution >= 0.6 is 11.6 Å². The Kier molecular flexibility index (Phi) is 3.69. The van der Waals surface area contributed by atoms with Crippen molar-refractivity contribution in [1.82, 2.24) is 0 Å². The molecule has 0 saturated carbocycles. The number of rotatable bonds is 3. The highest BCUT2D eigenvalue weighted by Gasteiger charge is 2.37. The zero-order chi connectivity index (χ0) is 14.2. The first-order valence-electron chi connectivity index (χ1n) is 6.51. The predicted octanol–water partition coefficient (Wildman–Crippen LogP) is 4.92. The molecule has 0 aromatic heterocycles. The largest absolute Gasteiger partial charge is 0.294 e. The Hall–Kier alpha value is -1.34. The van der Waals surface area contributed by atoms with Gasteiger partial charge in [-0.25, -0.2) is 0 Å². The number of carbonyl (C=O) groups excluding carboxylic acids is 1. The smallest absolute Gasteiger partial charge is 0.166 e. The van der Waals surface area contributed by atoms with Crippen molar-refractivity contribution in [1.29, 1.82) is 0 Å². The highest BCUT2D eigenvalue weighted by molar-refractivity contribution is 6.28. The summed E-state index contributed by atoms with van der Waals surface area (Å²) >= 11 is 6.64. The first-order chi connectivity index (χ1) is 8.85. The van der Waals surface area contributed by atoms with Gasteiger partial charge < -0.3 is 0 Å². The molecule has 1 unspecified atom stereocenters. The highest BCUT2D eigenvalue weighted by Crippen LogP contribution is 2.46. The summed E-state index contributed by atoms with van der Waals surface area (Å²) < 4.78 is 0. The SMILES string of the molecule is CC1=C(C)C(C)(Cl)C(CC(=O)c2ccccc2)=C1C. The van der Waals surface area contributed by atoms with Crippen LogP contribution in [0.5, 0.6) is 0 Å². The van der Waals surface area contributed by atoms with E-state index in [0.717, 1.165) is 16.7 Å². The van der Waals surface area contributed by atoms with Crippen LogP contribution in [0.2, 0.25) is 0 Å². The second-order valence-corrected chi connectivity index (χ2v) is 6.08. The zero-order valence-corrected chi connectivity index (χ0v) is 12.6. The van der Waals surface area contributed by atoms with Gasteiger partial charge in [0.05, 0.1) is 4.87 Å². The lowest BCUT2D eigenvalue weighted by Crippen LogP contribution is -2.21. The fraction of sp³-hybridized carbons (Fsp3) is 0.353. The number of hydrogen-bond donors (Lipinski definition) is 0. The van der Waals surface area contributed by atoms with E-state index in [1.54, 1.807) is 0 Å². The number of allylic oxidation sites excluding steroid dienone is 4. The van der Waals surface area contributed by atoms with E-state index in [-0.39, 0.29) is 5.78 Å². The molecule has 1 aliphatic rings. The first-order valence-corrected chi connectivity index (χ1v) is 6.89. The molecule has 0 heterocycles. The molecule has 0 radical (unpaired) electrons. The summed E-state index contributed by atoms with van der Waals surface area (Å²) in [7, 11) is 0. The van der Waals surface area contributed by atoms with E-state index in [1.807, 2.05) is 44.2 Å². The van der Waals surface area contributed by atoms with Gasteiger partial charge in [-0.2, -0.15) is 0 Å². The summed E-state index contributed by atoms with van der Waals surface area (Å²) in [4.78, 5) is 11.8. The molecule has 100 valence electrons. The van der Waals surface area contributed by atoms with Crippen LogP contribution in [0.3, 0.4) is 0 Å². The minimum atomic E-state index is -0.515. The molecular formula is C17H19ClO. The Bertz CT molecular complexity index is 577. The Balaban J connectivity index is 2.29. The predicted molar refractivity (Wildman–Crippen MR) is 80.7 cm³/mol. The molecule has 1 nitrogen and oxygen atoms in total. The van der Waals surface area contributed by atoms with Crippen LogP contribution in [0.4, 0.5) is 0 Å². The normalized spacial score (nSPS) is 23.2. The van der Waals surface area contributed by atoms with E-state index in [2.05, 4.69) is 13.8 Å². The van der Waals surface area contributed by atoms with Crippen molar-refractivity contribution >= 4 is 17.4 Å². The maximum Gasteiger partial charge on any atom is 0.166 e. The van der Waals surface area contributed by atoms with Crippen LogP contribution in [-0.4, -0.2) is 10.7 Å². The molecule has 1 aromatic rings. The van der Waals surface area contributed by atoms with Crippen molar-refractivity contribution in [3.63, 3.8) is 0 Å². The first kappa shape index (κ1) is 14.1. The average molecular weight is 275 g/mol. The molecule has 19 heavy (non-hydrogen) atoms. The molecular weight excluding hydrogens is 256 g/mol. The maximum atomic E-state index is 12.3. The molecule has 0 fully saturated rings. The molecule has 0 saturated heterocycles. The number of Topliss-reactive ketones (excluding diaryl/α,β-unsaturated/α-hetero) is 1. The third-order valence-electron chi connectivity index (χ3n) is 4.28. The molecule has 1 aliphatic carbocycles. The van der Waals surface area contributed by atoms with Crippen molar-refractivity contribution in [3.05, 3.63) is 58.2 Å². The summed E-state index contributed by atoms with van der Waals surface area (Å²) in [6, 6.07) is 9.39. The average Bonchev–Trinajstić information content (AvgIpc) is 2.55. The maximum absolute atomic E-state index is 12.3. The van der Waals surface area contributed by atoms with Gasteiger partial charge in [-0.05, 0) is 50.0 Å². The van der Waals surface area contributed by atoms with Crippen molar-refractivity contribution in [2.45, 2.75) is 39.0 Å². The Labute approximate surface area is 120 Å². The van der Waals surface area contributed by atoms with Gasteiger partial charge in [0, 0.05) is 12.0 Å². The van der Waals surface area contributed by atoms with Gasteiger partial charge in [-0.15, -0.1) is 11.6 Å². The summed E-state index contributed by atoms with van der Waals surface area (Å²) in [5, 5.41) is 0. The number of benzene rings is 1. The molecule has 0 aliphatic heterocycles. The topological polar surface area (TPSA) is 17.1 Å². The minimum absolute atomic E-state index is 0.129.